The van der Waals surface area contributed by atoms with E-state index < -0.39 is 0 Å². The van der Waals surface area contributed by atoms with Crippen LogP contribution in [0.2, 0.25) is 0 Å². The van der Waals surface area contributed by atoms with Gasteiger partial charge in [-0.15, -0.1) is 0 Å². The van der Waals surface area contributed by atoms with Gasteiger partial charge in [-0.25, -0.2) is 0 Å². The quantitative estimate of drug-likeness (QED) is 0.870. The molecule has 2 heterocycles. The maximum absolute atomic E-state index is 12.1. The van der Waals surface area contributed by atoms with E-state index in [0.717, 1.165) is 37.3 Å². The van der Waals surface area contributed by atoms with Crippen molar-refractivity contribution in [3.8, 4) is 0 Å². The van der Waals surface area contributed by atoms with Crippen LogP contribution in [-0.2, 0) is 4.79 Å². The number of carbonyl (C=O) groups excluding carboxylic acids is 1. The Balaban J connectivity index is 1.64. The van der Waals surface area contributed by atoms with Gasteiger partial charge in [0.15, 0.2) is 5.58 Å². The third-order valence-electron chi connectivity index (χ3n) is 3.77. The van der Waals surface area contributed by atoms with E-state index in [2.05, 4.69) is 23.7 Å². The highest BCUT2D eigenvalue weighted by atomic mass is 16.4. The van der Waals surface area contributed by atoms with Crippen LogP contribution in [0.3, 0.4) is 0 Å². The zero-order chi connectivity index (χ0) is 14.8. The molecule has 0 N–H and O–H groups in total. The molecule has 1 aliphatic heterocycles. The third kappa shape index (κ3) is 3.01. The molecule has 112 valence electrons. The fourth-order valence-corrected chi connectivity index (χ4v) is 2.62. The number of hydrogen-bond acceptors (Lipinski definition) is 4. The summed E-state index contributed by atoms with van der Waals surface area (Å²) in [6, 6.07) is 8.43. The Hall–Kier alpha value is -2.04. The molecular weight excluding hydrogens is 266 g/mol. The smallest absolute Gasteiger partial charge is 0.298 e. The van der Waals surface area contributed by atoms with Crippen LogP contribution in [-0.4, -0.2) is 42.0 Å². The average Bonchev–Trinajstić information content (AvgIpc) is 2.90. The first kappa shape index (κ1) is 13.9. The lowest BCUT2D eigenvalue weighted by atomic mass is 10.1. The Morgan fingerprint density at radius 1 is 1.24 bits per heavy atom. The molecule has 3 rings (SSSR count). The molecule has 5 nitrogen and oxygen atoms in total. The monoisotopic (exact) mass is 287 g/mol. The Bertz CT molecular complexity index is 594. The molecule has 1 amide bonds. The van der Waals surface area contributed by atoms with Gasteiger partial charge in [-0.3, -0.25) is 4.79 Å². The Kier molecular flexibility index (Phi) is 3.82. The van der Waals surface area contributed by atoms with E-state index in [1.165, 1.54) is 0 Å². The van der Waals surface area contributed by atoms with Crippen LogP contribution in [0.25, 0.3) is 11.1 Å². The van der Waals surface area contributed by atoms with Gasteiger partial charge in [-0.2, -0.15) is 4.98 Å². The van der Waals surface area contributed by atoms with E-state index in [4.69, 9.17) is 4.42 Å². The summed E-state index contributed by atoms with van der Waals surface area (Å²) in [6.45, 7) is 7.18. The molecule has 2 aromatic rings. The number of benzene rings is 1. The topological polar surface area (TPSA) is 49.6 Å². The van der Waals surface area contributed by atoms with E-state index in [1.807, 2.05) is 29.2 Å². The molecular formula is C16H21N3O2. The van der Waals surface area contributed by atoms with Crippen molar-refractivity contribution < 1.29 is 9.21 Å². The van der Waals surface area contributed by atoms with Crippen molar-refractivity contribution in [3.05, 3.63) is 24.3 Å². The van der Waals surface area contributed by atoms with Crippen molar-refractivity contribution in [3.63, 3.8) is 0 Å². The maximum atomic E-state index is 12.1. The molecule has 0 saturated carbocycles. The number of rotatable bonds is 3. The number of piperazine rings is 1. The van der Waals surface area contributed by atoms with Gasteiger partial charge in [0.05, 0.1) is 0 Å². The van der Waals surface area contributed by atoms with Crippen LogP contribution in [0.4, 0.5) is 6.01 Å². The second kappa shape index (κ2) is 5.76. The van der Waals surface area contributed by atoms with Gasteiger partial charge >= 0.3 is 0 Å². The highest BCUT2D eigenvalue weighted by molar-refractivity contribution is 5.77. The van der Waals surface area contributed by atoms with Crippen LogP contribution in [0.1, 0.15) is 20.3 Å². The van der Waals surface area contributed by atoms with E-state index in [-0.39, 0.29) is 5.91 Å². The number of carbonyl (C=O) groups is 1. The normalized spacial score (nSPS) is 16.0. The van der Waals surface area contributed by atoms with Gasteiger partial charge in [0.1, 0.15) is 5.52 Å². The maximum Gasteiger partial charge on any atom is 0.298 e. The summed E-state index contributed by atoms with van der Waals surface area (Å²) in [5.74, 6) is 0.662. The van der Waals surface area contributed by atoms with Crippen molar-refractivity contribution in [1.82, 2.24) is 9.88 Å². The van der Waals surface area contributed by atoms with Gasteiger partial charge in [0.2, 0.25) is 5.91 Å². The number of oxazole rings is 1. The number of para-hydroxylation sites is 2. The predicted octanol–water partition coefficient (Wildman–Crippen LogP) is 2.52. The minimum Gasteiger partial charge on any atom is -0.423 e. The summed E-state index contributed by atoms with van der Waals surface area (Å²) in [5, 5.41) is 0. The number of amides is 1. The van der Waals surface area contributed by atoms with Crippen LogP contribution in [0.5, 0.6) is 0 Å². The first-order valence-electron chi connectivity index (χ1n) is 7.52. The summed E-state index contributed by atoms with van der Waals surface area (Å²) in [6.07, 6.45) is 0.628. The lowest BCUT2D eigenvalue weighted by molar-refractivity contribution is -0.132. The number of aromatic nitrogens is 1. The molecule has 0 bridgehead atoms. The van der Waals surface area contributed by atoms with Crippen molar-refractivity contribution in [2.45, 2.75) is 20.3 Å². The van der Waals surface area contributed by atoms with E-state index in [0.29, 0.717) is 18.4 Å². The van der Waals surface area contributed by atoms with Gasteiger partial charge in [0.25, 0.3) is 6.01 Å². The second-order valence-corrected chi connectivity index (χ2v) is 5.93. The Morgan fingerprint density at radius 2 is 1.95 bits per heavy atom. The summed E-state index contributed by atoms with van der Waals surface area (Å²) in [5.41, 5.74) is 1.69. The van der Waals surface area contributed by atoms with Crippen molar-refractivity contribution in [1.29, 1.82) is 0 Å². The van der Waals surface area contributed by atoms with Gasteiger partial charge in [-0.05, 0) is 18.1 Å². The summed E-state index contributed by atoms with van der Waals surface area (Å²) in [4.78, 5) is 20.6. The van der Waals surface area contributed by atoms with Crippen molar-refractivity contribution >= 4 is 23.0 Å². The Morgan fingerprint density at radius 3 is 2.62 bits per heavy atom. The van der Waals surface area contributed by atoms with Gasteiger partial charge in [0, 0.05) is 32.6 Å². The summed E-state index contributed by atoms with van der Waals surface area (Å²) >= 11 is 0. The number of hydrogen-bond donors (Lipinski definition) is 0. The van der Waals surface area contributed by atoms with Gasteiger partial charge < -0.3 is 14.2 Å². The molecule has 0 atom stereocenters. The number of fused-ring (bicyclic) bond motifs is 1. The lowest BCUT2D eigenvalue weighted by Gasteiger charge is -2.34. The minimum atomic E-state index is 0.252. The molecule has 1 aromatic carbocycles. The van der Waals surface area contributed by atoms with E-state index in [1.54, 1.807) is 0 Å². The largest absolute Gasteiger partial charge is 0.423 e. The predicted molar refractivity (Wildman–Crippen MR) is 82.3 cm³/mol. The molecule has 21 heavy (non-hydrogen) atoms. The minimum absolute atomic E-state index is 0.252. The van der Waals surface area contributed by atoms with Crippen LogP contribution >= 0.6 is 0 Å². The first-order chi connectivity index (χ1) is 10.1. The summed E-state index contributed by atoms with van der Waals surface area (Å²) < 4.78 is 5.78. The lowest BCUT2D eigenvalue weighted by Crippen LogP contribution is -2.49. The van der Waals surface area contributed by atoms with Crippen LogP contribution < -0.4 is 4.90 Å². The first-order valence-corrected chi connectivity index (χ1v) is 7.52. The highest BCUT2D eigenvalue weighted by Gasteiger charge is 2.24. The zero-order valence-corrected chi connectivity index (χ0v) is 12.6. The van der Waals surface area contributed by atoms with Crippen LogP contribution in [0, 0.1) is 5.92 Å². The van der Waals surface area contributed by atoms with E-state index in [9.17, 15) is 4.79 Å². The molecule has 0 aliphatic carbocycles. The molecule has 0 spiro atoms. The van der Waals surface area contributed by atoms with Crippen molar-refractivity contribution in [2.75, 3.05) is 31.1 Å². The summed E-state index contributed by atoms with van der Waals surface area (Å²) in [7, 11) is 0. The fraction of sp³-hybridized carbons (Fsp3) is 0.500. The van der Waals surface area contributed by atoms with Crippen molar-refractivity contribution in [2.24, 2.45) is 5.92 Å². The molecule has 5 heteroatoms. The molecule has 1 fully saturated rings. The third-order valence-corrected chi connectivity index (χ3v) is 3.77. The van der Waals surface area contributed by atoms with Gasteiger partial charge in [-0.1, -0.05) is 26.0 Å². The van der Waals surface area contributed by atoms with E-state index >= 15 is 0 Å². The Labute approximate surface area is 124 Å². The average molecular weight is 287 g/mol. The molecule has 1 aliphatic rings. The molecule has 1 saturated heterocycles. The molecule has 1 aromatic heterocycles. The second-order valence-electron chi connectivity index (χ2n) is 5.93. The standard InChI is InChI=1S/C16H21N3O2/c1-12(2)11-15(20)18-7-9-19(10-8-18)16-17-13-5-3-4-6-14(13)21-16/h3-6,12H,7-11H2,1-2H3. The molecule has 0 radical (unpaired) electrons. The number of anilines is 1. The zero-order valence-electron chi connectivity index (χ0n) is 12.6. The van der Waals surface area contributed by atoms with Crippen LogP contribution in [0.15, 0.2) is 28.7 Å². The highest BCUT2D eigenvalue weighted by Crippen LogP contribution is 2.22. The fourth-order valence-electron chi connectivity index (χ4n) is 2.62. The molecule has 0 unspecified atom stereocenters. The number of nitrogens with zero attached hydrogens (tertiary/aromatic N) is 3. The SMILES string of the molecule is CC(C)CC(=O)N1CCN(c2nc3ccccc3o2)CC1.